The first-order valence-electron chi connectivity index (χ1n) is 11.7. The van der Waals surface area contributed by atoms with Crippen molar-refractivity contribution in [3.63, 3.8) is 0 Å². The van der Waals surface area contributed by atoms with Crippen LogP contribution in [0.5, 0.6) is 5.75 Å². The van der Waals surface area contributed by atoms with Gasteiger partial charge >= 0.3 is 0 Å². The van der Waals surface area contributed by atoms with Gasteiger partial charge in [-0.2, -0.15) is 0 Å². The summed E-state index contributed by atoms with van der Waals surface area (Å²) in [5, 5.41) is 13.2. The van der Waals surface area contributed by atoms with Crippen molar-refractivity contribution >= 4 is 28.8 Å². The minimum atomic E-state index is -0.633. The third kappa shape index (κ3) is 5.47. The number of carbonyl (C=O) groups excluding carboxylic acids is 2. The average molecular weight is 471 g/mol. The number of nitrogens with zero attached hydrogens (tertiary/aromatic N) is 2. The number of rotatable bonds is 11. The Hall–Kier alpha value is -2.64. The Balaban J connectivity index is 1.97. The average Bonchev–Trinajstić information content (AvgIpc) is 3.43. The van der Waals surface area contributed by atoms with E-state index in [1.807, 2.05) is 36.6 Å². The van der Waals surface area contributed by atoms with Crippen LogP contribution in [-0.2, 0) is 9.59 Å². The van der Waals surface area contributed by atoms with E-state index in [0.29, 0.717) is 25.3 Å². The number of benzene rings is 1. The summed E-state index contributed by atoms with van der Waals surface area (Å²) in [6, 6.07) is 8.60. The number of Topliss-reactive ketones (excluding diaryl/α,β-unsaturated/α-hetero) is 1. The highest BCUT2D eigenvalue weighted by molar-refractivity contribution is 7.10. The van der Waals surface area contributed by atoms with Gasteiger partial charge in [-0.25, -0.2) is 0 Å². The maximum atomic E-state index is 13.1. The molecule has 1 saturated heterocycles. The third-order valence-corrected chi connectivity index (χ3v) is 7.03. The van der Waals surface area contributed by atoms with Gasteiger partial charge in [0.25, 0.3) is 11.7 Å². The number of aliphatic hydroxyl groups excluding tert-OH is 1. The van der Waals surface area contributed by atoms with Crippen molar-refractivity contribution in [2.24, 2.45) is 0 Å². The van der Waals surface area contributed by atoms with Crippen LogP contribution in [0.25, 0.3) is 5.76 Å². The summed E-state index contributed by atoms with van der Waals surface area (Å²) in [5.74, 6) is -0.570. The quantitative estimate of drug-likeness (QED) is 0.217. The first kappa shape index (κ1) is 25.0. The van der Waals surface area contributed by atoms with E-state index in [4.69, 9.17) is 4.74 Å². The number of carbonyl (C=O) groups is 2. The molecule has 1 atom stereocenters. The lowest BCUT2D eigenvalue weighted by molar-refractivity contribution is -0.140. The summed E-state index contributed by atoms with van der Waals surface area (Å²) >= 11 is 1.48. The van der Waals surface area contributed by atoms with Crippen molar-refractivity contribution in [1.29, 1.82) is 0 Å². The third-order valence-electron chi connectivity index (χ3n) is 6.11. The van der Waals surface area contributed by atoms with Gasteiger partial charge in [0.05, 0.1) is 18.2 Å². The first-order valence-corrected chi connectivity index (χ1v) is 12.6. The van der Waals surface area contributed by atoms with Crippen LogP contribution in [0.2, 0.25) is 0 Å². The summed E-state index contributed by atoms with van der Waals surface area (Å²) in [5.41, 5.74) is 1.54. The molecule has 1 aliphatic rings. The Morgan fingerprint density at radius 1 is 1.18 bits per heavy atom. The van der Waals surface area contributed by atoms with Crippen molar-refractivity contribution in [3.8, 4) is 5.75 Å². The van der Waals surface area contributed by atoms with Gasteiger partial charge in [-0.05, 0) is 61.6 Å². The number of hydrogen-bond acceptors (Lipinski definition) is 6. The zero-order valence-corrected chi connectivity index (χ0v) is 20.8. The molecule has 0 bridgehead atoms. The van der Waals surface area contributed by atoms with Crippen molar-refractivity contribution in [3.05, 3.63) is 57.3 Å². The minimum Gasteiger partial charge on any atom is -0.507 e. The second kappa shape index (κ2) is 11.5. The molecular weight excluding hydrogens is 436 g/mol. The van der Waals surface area contributed by atoms with Crippen molar-refractivity contribution in [2.45, 2.75) is 46.6 Å². The lowest BCUT2D eigenvalue weighted by Gasteiger charge is -2.27. The molecule has 1 aliphatic heterocycles. The van der Waals surface area contributed by atoms with Gasteiger partial charge < -0.3 is 19.6 Å². The molecule has 3 rings (SSSR count). The molecule has 0 aliphatic carbocycles. The summed E-state index contributed by atoms with van der Waals surface area (Å²) < 4.78 is 5.82. The maximum absolute atomic E-state index is 13.1. The van der Waals surface area contributed by atoms with E-state index < -0.39 is 17.7 Å². The lowest BCUT2D eigenvalue weighted by Crippen LogP contribution is -2.37. The summed E-state index contributed by atoms with van der Waals surface area (Å²) in [7, 11) is 0. The molecule has 0 radical (unpaired) electrons. The van der Waals surface area contributed by atoms with Crippen LogP contribution in [0.4, 0.5) is 0 Å². The number of aryl methyl sites for hydroxylation is 1. The molecule has 7 heteroatoms. The number of likely N-dealkylation sites (tertiary alicyclic amines) is 1. The number of likely N-dealkylation sites (N-methyl/N-ethyl adjacent to an activating group) is 1. The van der Waals surface area contributed by atoms with E-state index in [0.717, 1.165) is 42.1 Å². The maximum Gasteiger partial charge on any atom is 0.295 e. The van der Waals surface area contributed by atoms with Crippen LogP contribution >= 0.6 is 11.3 Å². The predicted octanol–water partition coefficient (Wildman–Crippen LogP) is 5.00. The van der Waals surface area contributed by atoms with E-state index in [2.05, 4.69) is 25.7 Å². The van der Waals surface area contributed by atoms with E-state index >= 15 is 0 Å². The second-order valence-electron chi connectivity index (χ2n) is 8.22. The monoisotopic (exact) mass is 470 g/mol. The van der Waals surface area contributed by atoms with E-state index in [9.17, 15) is 14.7 Å². The lowest BCUT2D eigenvalue weighted by atomic mass is 9.98. The molecule has 33 heavy (non-hydrogen) atoms. The fourth-order valence-corrected chi connectivity index (χ4v) is 4.93. The summed E-state index contributed by atoms with van der Waals surface area (Å²) in [6.45, 7) is 11.7. The van der Waals surface area contributed by atoms with Gasteiger partial charge in [0.1, 0.15) is 11.5 Å². The Labute approximate surface area is 200 Å². The Bertz CT molecular complexity index is 996. The molecule has 2 aromatic rings. The highest BCUT2D eigenvalue weighted by Gasteiger charge is 2.46. The van der Waals surface area contributed by atoms with Crippen LogP contribution in [0.3, 0.4) is 0 Å². The van der Waals surface area contributed by atoms with E-state index in [1.54, 1.807) is 11.0 Å². The van der Waals surface area contributed by atoms with E-state index in [1.165, 1.54) is 11.3 Å². The molecule has 0 spiro atoms. The van der Waals surface area contributed by atoms with Crippen molar-refractivity contribution in [2.75, 3.05) is 32.8 Å². The molecule has 0 saturated carbocycles. The first-order chi connectivity index (χ1) is 15.9. The number of amides is 1. The van der Waals surface area contributed by atoms with E-state index in [-0.39, 0.29) is 11.3 Å². The van der Waals surface area contributed by atoms with Gasteiger partial charge in [0.15, 0.2) is 0 Å². The SMILES string of the molecule is CCCCOc1ccc(/C(O)=C2\C(=O)C(=O)N(CCN(CC)CC)[C@@H]2c2cccs2)cc1C. The van der Waals surface area contributed by atoms with Gasteiger partial charge in [-0.1, -0.05) is 33.3 Å². The normalized spacial score (nSPS) is 17.8. The standard InChI is InChI=1S/C26H34N2O4S/c1-5-8-15-32-20-12-11-19(17-18(20)4)24(29)22-23(21-10-9-16-33-21)28(26(31)25(22)30)14-13-27(6-2)7-3/h9-12,16-17,23,29H,5-8,13-15H2,1-4H3/b24-22+/t23-/m1/s1. The summed E-state index contributed by atoms with van der Waals surface area (Å²) in [4.78, 5) is 30.8. The fourth-order valence-electron chi connectivity index (χ4n) is 4.08. The van der Waals surface area contributed by atoms with Gasteiger partial charge in [0, 0.05) is 23.5 Å². The molecule has 178 valence electrons. The number of hydrogen-bond donors (Lipinski definition) is 1. The van der Waals surface area contributed by atoms with Crippen molar-refractivity contribution < 1.29 is 19.4 Å². The van der Waals surface area contributed by atoms with Crippen LogP contribution in [0, 0.1) is 6.92 Å². The molecule has 1 fully saturated rings. The number of ether oxygens (including phenoxy) is 1. The molecule has 0 unspecified atom stereocenters. The zero-order chi connectivity index (χ0) is 24.0. The molecule has 1 amide bonds. The minimum absolute atomic E-state index is 0.139. The molecular formula is C26H34N2O4S. The van der Waals surface area contributed by atoms with Crippen LogP contribution in [0.15, 0.2) is 41.3 Å². The zero-order valence-electron chi connectivity index (χ0n) is 20.0. The van der Waals surface area contributed by atoms with Crippen LogP contribution in [-0.4, -0.2) is 59.4 Å². The Morgan fingerprint density at radius 3 is 2.55 bits per heavy atom. The number of thiophene rings is 1. The summed E-state index contributed by atoms with van der Waals surface area (Å²) in [6.07, 6.45) is 2.02. The molecule has 1 N–H and O–H groups in total. The molecule has 1 aromatic carbocycles. The smallest absolute Gasteiger partial charge is 0.295 e. The molecule has 6 nitrogen and oxygen atoms in total. The van der Waals surface area contributed by atoms with Gasteiger partial charge in [-0.3, -0.25) is 9.59 Å². The second-order valence-corrected chi connectivity index (χ2v) is 9.20. The molecule has 1 aromatic heterocycles. The van der Waals surface area contributed by atoms with Gasteiger partial charge in [0.2, 0.25) is 0 Å². The fraction of sp³-hybridized carbons (Fsp3) is 0.462. The Morgan fingerprint density at radius 2 is 1.94 bits per heavy atom. The number of unbranched alkanes of at least 4 members (excludes halogenated alkanes) is 1. The highest BCUT2D eigenvalue weighted by Crippen LogP contribution is 2.41. The van der Waals surface area contributed by atoms with Gasteiger partial charge in [-0.15, -0.1) is 11.3 Å². The largest absolute Gasteiger partial charge is 0.507 e. The molecule has 2 heterocycles. The topological polar surface area (TPSA) is 70.1 Å². The number of aliphatic hydroxyl groups is 1. The van der Waals surface area contributed by atoms with Crippen LogP contribution in [0.1, 0.15) is 55.7 Å². The van der Waals surface area contributed by atoms with Crippen LogP contribution < -0.4 is 4.74 Å². The predicted molar refractivity (Wildman–Crippen MR) is 133 cm³/mol. The van der Waals surface area contributed by atoms with Crippen molar-refractivity contribution in [1.82, 2.24) is 9.80 Å². The highest BCUT2D eigenvalue weighted by atomic mass is 32.1. The Kier molecular flexibility index (Phi) is 8.69. The number of ketones is 1.